The fourth-order valence-corrected chi connectivity index (χ4v) is 7.02. The lowest BCUT2D eigenvalue weighted by Crippen LogP contribution is -2.44. The maximum absolute atomic E-state index is 12.7. The Morgan fingerprint density at radius 1 is 1.06 bits per heavy atom. The van der Waals surface area contributed by atoms with Gasteiger partial charge in [0.05, 0.1) is 18.3 Å². The summed E-state index contributed by atoms with van der Waals surface area (Å²) < 4.78 is 54.9. The van der Waals surface area contributed by atoms with Crippen LogP contribution >= 0.6 is 0 Å². The third kappa shape index (κ3) is 3.80. The molecule has 0 aromatic heterocycles. The summed E-state index contributed by atoms with van der Waals surface area (Å²) in [5.41, 5.74) is 0. The van der Waals surface area contributed by atoms with Crippen molar-refractivity contribution in [3.8, 4) is 0 Å². The molecule has 11 nitrogen and oxygen atoms in total. The third-order valence-corrected chi connectivity index (χ3v) is 9.05. The smallest absolute Gasteiger partial charge is 0.327 e. The molecule has 0 aromatic carbocycles. The van der Waals surface area contributed by atoms with E-state index in [0.29, 0.717) is 32.1 Å². The van der Waals surface area contributed by atoms with Crippen molar-refractivity contribution in [2.75, 3.05) is 0 Å². The molecule has 4 bridgehead atoms. The lowest BCUT2D eigenvalue weighted by Gasteiger charge is -2.33. The van der Waals surface area contributed by atoms with E-state index in [1.54, 1.807) is 0 Å². The van der Waals surface area contributed by atoms with Gasteiger partial charge in [0.1, 0.15) is 24.4 Å². The molecule has 12 heteroatoms. The highest BCUT2D eigenvalue weighted by Crippen LogP contribution is 2.55. The first-order valence-corrected chi connectivity index (χ1v) is 12.8. The van der Waals surface area contributed by atoms with E-state index in [-0.39, 0.29) is 41.5 Å². The van der Waals surface area contributed by atoms with E-state index in [4.69, 9.17) is 18.9 Å². The van der Waals surface area contributed by atoms with E-state index in [0.717, 1.165) is 0 Å². The minimum absolute atomic E-state index is 0.0651. The molecule has 10 unspecified atom stereocenters. The highest BCUT2D eigenvalue weighted by molar-refractivity contribution is 7.87. The Kier molecular flexibility index (Phi) is 5.43. The number of fused-ring (bicyclic) bond motifs is 3. The fourth-order valence-electron chi connectivity index (χ4n) is 6.37. The zero-order valence-corrected chi connectivity index (χ0v) is 18.8. The summed E-state index contributed by atoms with van der Waals surface area (Å²) in [7, 11) is -4.99. The number of hydrogen-bond donors (Lipinski definition) is 1. The number of hydrogen-bond acceptors (Lipinski definition) is 10. The monoisotopic (exact) mass is 486 g/mol. The Balaban J connectivity index is 1.25. The van der Waals surface area contributed by atoms with Crippen molar-refractivity contribution in [3.63, 3.8) is 0 Å². The molecule has 1 N–H and O–H groups in total. The van der Waals surface area contributed by atoms with Crippen molar-refractivity contribution in [1.82, 2.24) is 0 Å². The average molecular weight is 486 g/mol. The highest BCUT2D eigenvalue weighted by Gasteiger charge is 2.63. The molecule has 5 rings (SSSR count). The van der Waals surface area contributed by atoms with Crippen molar-refractivity contribution >= 4 is 34.0 Å². The molecule has 5 fully saturated rings. The zero-order valence-electron chi connectivity index (χ0n) is 18.0. The van der Waals surface area contributed by atoms with Gasteiger partial charge in [0.15, 0.2) is 5.25 Å². The van der Waals surface area contributed by atoms with Crippen LogP contribution in [0.25, 0.3) is 0 Å². The lowest BCUT2D eigenvalue weighted by molar-refractivity contribution is -0.168. The van der Waals surface area contributed by atoms with Gasteiger partial charge in [-0.15, -0.1) is 0 Å². The van der Waals surface area contributed by atoms with Crippen LogP contribution in [0.2, 0.25) is 0 Å². The lowest BCUT2D eigenvalue weighted by atomic mass is 9.78. The van der Waals surface area contributed by atoms with E-state index >= 15 is 0 Å². The predicted octanol–water partition coefficient (Wildman–Crippen LogP) is 0.400. The van der Waals surface area contributed by atoms with E-state index in [1.165, 1.54) is 0 Å². The second kappa shape index (κ2) is 7.93. The molecule has 3 aliphatic carbocycles. The van der Waals surface area contributed by atoms with Crippen molar-refractivity contribution in [1.29, 1.82) is 0 Å². The van der Waals surface area contributed by atoms with Crippen LogP contribution in [0.15, 0.2) is 0 Å². The van der Waals surface area contributed by atoms with Crippen LogP contribution in [-0.2, 0) is 48.2 Å². The first-order chi connectivity index (χ1) is 15.6. The van der Waals surface area contributed by atoms with Crippen molar-refractivity contribution in [2.24, 2.45) is 29.6 Å². The molecule has 182 valence electrons. The normalized spacial score (nSPS) is 41.5. The average Bonchev–Trinajstić information content (AvgIpc) is 3.44. The molecular weight excluding hydrogens is 460 g/mol. The summed E-state index contributed by atoms with van der Waals surface area (Å²) in [6.45, 7) is 1.88. The van der Waals surface area contributed by atoms with Gasteiger partial charge in [-0.3, -0.25) is 23.7 Å². The van der Waals surface area contributed by atoms with Gasteiger partial charge in [-0.05, 0) is 25.7 Å². The number of esters is 4. The summed E-state index contributed by atoms with van der Waals surface area (Å²) in [5, 5.41) is -2.17. The SMILES string of the molecule is CCC1CC2CC(OC2=O)C1OC(=O)CC(C(=O)OC1C2CC3C(=O)OC1C3C2)S(=O)(=O)O. The summed E-state index contributed by atoms with van der Waals surface area (Å²) in [6, 6.07) is 0. The predicted molar refractivity (Wildman–Crippen MR) is 106 cm³/mol. The maximum Gasteiger partial charge on any atom is 0.327 e. The Morgan fingerprint density at radius 2 is 1.82 bits per heavy atom. The van der Waals surface area contributed by atoms with Gasteiger partial charge >= 0.3 is 23.9 Å². The van der Waals surface area contributed by atoms with E-state index in [2.05, 4.69) is 0 Å². The van der Waals surface area contributed by atoms with E-state index in [1.807, 2.05) is 6.92 Å². The molecular formula is C21H26O11S. The third-order valence-electron chi connectivity index (χ3n) is 7.97. The molecule has 3 saturated carbocycles. The van der Waals surface area contributed by atoms with Gasteiger partial charge in [-0.2, -0.15) is 8.42 Å². The van der Waals surface area contributed by atoms with Gasteiger partial charge in [0.2, 0.25) is 0 Å². The van der Waals surface area contributed by atoms with Crippen LogP contribution in [-0.4, -0.2) is 66.5 Å². The van der Waals surface area contributed by atoms with Gasteiger partial charge in [-0.25, -0.2) is 0 Å². The Hall–Kier alpha value is -2.21. The molecule has 0 radical (unpaired) electrons. The molecule has 0 aromatic rings. The van der Waals surface area contributed by atoms with Crippen molar-refractivity contribution in [3.05, 3.63) is 0 Å². The van der Waals surface area contributed by atoms with Crippen LogP contribution in [0.1, 0.15) is 45.4 Å². The number of carbonyl (C=O) groups is 4. The molecule has 2 heterocycles. The maximum atomic E-state index is 12.7. The van der Waals surface area contributed by atoms with Crippen molar-refractivity contribution in [2.45, 2.75) is 75.1 Å². The summed E-state index contributed by atoms with van der Waals surface area (Å²) in [4.78, 5) is 49.1. The summed E-state index contributed by atoms with van der Waals surface area (Å²) in [6.07, 6.45) is -1.05. The highest BCUT2D eigenvalue weighted by atomic mass is 32.2. The second-order valence-electron chi connectivity index (χ2n) is 9.78. The molecule has 0 spiro atoms. The number of ether oxygens (including phenoxy) is 4. The quantitative estimate of drug-likeness (QED) is 0.301. The number of carbonyl (C=O) groups excluding carboxylic acids is 4. The Morgan fingerprint density at radius 3 is 2.52 bits per heavy atom. The molecule has 33 heavy (non-hydrogen) atoms. The van der Waals surface area contributed by atoms with Gasteiger partial charge in [0.25, 0.3) is 10.1 Å². The second-order valence-corrected chi connectivity index (χ2v) is 11.4. The van der Waals surface area contributed by atoms with Gasteiger partial charge < -0.3 is 18.9 Å². The number of rotatable bonds is 7. The van der Waals surface area contributed by atoms with Crippen LogP contribution in [0.5, 0.6) is 0 Å². The molecule has 10 atom stereocenters. The Bertz CT molecular complexity index is 990. The largest absolute Gasteiger partial charge is 0.458 e. The topological polar surface area (TPSA) is 160 Å². The summed E-state index contributed by atoms with van der Waals surface area (Å²) in [5.74, 6) is -3.76. The molecule has 2 saturated heterocycles. The minimum Gasteiger partial charge on any atom is -0.458 e. The van der Waals surface area contributed by atoms with Crippen LogP contribution in [0.3, 0.4) is 0 Å². The standard InChI is InChI=1S/C21H26O11S/c1-2-8-3-10-6-13(29-19(10)23)16(8)30-15(22)7-14(33(26,27)28)21(25)31-17-9-4-11-12(5-9)20(24)32-18(11)17/h8-14,16-18H,2-7H2,1H3,(H,26,27,28). The molecule has 0 amide bonds. The van der Waals surface area contributed by atoms with Crippen LogP contribution in [0.4, 0.5) is 0 Å². The molecule has 2 aliphatic heterocycles. The first-order valence-electron chi connectivity index (χ1n) is 11.3. The first kappa shape index (κ1) is 22.6. The minimum atomic E-state index is -4.99. The van der Waals surface area contributed by atoms with E-state index < -0.39 is 58.1 Å². The van der Waals surface area contributed by atoms with Crippen molar-refractivity contribution < 1.29 is 51.1 Å². The fraction of sp³-hybridized carbons (Fsp3) is 0.810. The van der Waals surface area contributed by atoms with E-state index in [9.17, 15) is 32.1 Å². The summed E-state index contributed by atoms with van der Waals surface area (Å²) >= 11 is 0. The van der Waals surface area contributed by atoms with Gasteiger partial charge in [0, 0.05) is 24.2 Å². The van der Waals surface area contributed by atoms with Gasteiger partial charge in [-0.1, -0.05) is 6.92 Å². The molecule has 5 aliphatic rings. The zero-order chi connectivity index (χ0) is 23.7. The Labute approximate surface area is 190 Å². The van der Waals surface area contributed by atoms with Crippen LogP contribution in [0, 0.1) is 29.6 Å². The van der Waals surface area contributed by atoms with Crippen LogP contribution < -0.4 is 0 Å².